The minimum absolute atomic E-state index is 0.128. The third-order valence-electron chi connectivity index (χ3n) is 3.44. The summed E-state index contributed by atoms with van der Waals surface area (Å²) in [5, 5.41) is 48.5. The zero-order valence-electron chi connectivity index (χ0n) is 10.9. The van der Waals surface area contributed by atoms with E-state index in [0.29, 0.717) is 11.1 Å². The zero-order chi connectivity index (χ0) is 15.1. The Hall–Kier alpha value is -2.60. The van der Waals surface area contributed by atoms with Crippen LogP contribution >= 0.6 is 0 Å². The van der Waals surface area contributed by atoms with Crippen molar-refractivity contribution in [3.8, 4) is 28.7 Å². The number of fused-ring (bicyclic) bond motifs is 1. The fourth-order valence-electron chi connectivity index (χ4n) is 2.53. The summed E-state index contributed by atoms with van der Waals surface area (Å²) >= 11 is 0. The standard InChI is InChI=1S/C15H14O6/c16-8-1-7(2-9(17)3-8)15-13(20)6-11-12(19)4-10(18)5-14(11)21-15/h1-5,13,15-20H,6H2. The summed E-state index contributed by atoms with van der Waals surface area (Å²) in [5.41, 5.74) is 0.800. The molecule has 6 nitrogen and oxygen atoms in total. The van der Waals surface area contributed by atoms with Gasteiger partial charge in [-0.25, -0.2) is 0 Å². The molecule has 0 bridgehead atoms. The molecule has 5 N–H and O–H groups in total. The number of phenols is 4. The Labute approximate surface area is 120 Å². The molecule has 21 heavy (non-hydrogen) atoms. The van der Waals surface area contributed by atoms with E-state index in [9.17, 15) is 25.5 Å². The van der Waals surface area contributed by atoms with Crippen LogP contribution in [0.1, 0.15) is 17.2 Å². The van der Waals surface area contributed by atoms with Crippen molar-refractivity contribution in [2.45, 2.75) is 18.6 Å². The molecule has 6 heteroatoms. The highest BCUT2D eigenvalue weighted by Crippen LogP contribution is 2.42. The predicted molar refractivity (Wildman–Crippen MR) is 72.6 cm³/mol. The van der Waals surface area contributed by atoms with Gasteiger partial charge in [-0.05, 0) is 12.1 Å². The Morgan fingerprint density at radius 1 is 0.857 bits per heavy atom. The summed E-state index contributed by atoms with van der Waals surface area (Å²) < 4.78 is 5.61. The van der Waals surface area contributed by atoms with Crippen LogP contribution in [0, 0.1) is 0 Å². The van der Waals surface area contributed by atoms with Crippen molar-refractivity contribution in [2.24, 2.45) is 0 Å². The molecule has 110 valence electrons. The van der Waals surface area contributed by atoms with Crippen LogP contribution in [-0.2, 0) is 6.42 Å². The van der Waals surface area contributed by atoms with Gasteiger partial charge in [0.25, 0.3) is 0 Å². The Bertz CT molecular complexity index is 677. The molecule has 2 atom stereocenters. The van der Waals surface area contributed by atoms with Crippen molar-refractivity contribution in [3.05, 3.63) is 41.5 Å². The van der Waals surface area contributed by atoms with Crippen LogP contribution in [0.2, 0.25) is 0 Å². The van der Waals surface area contributed by atoms with Gasteiger partial charge in [0, 0.05) is 35.7 Å². The average Bonchev–Trinajstić information content (AvgIpc) is 2.38. The molecule has 1 heterocycles. The van der Waals surface area contributed by atoms with Crippen molar-refractivity contribution in [1.29, 1.82) is 0 Å². The van der Waals surface area contributed by atoms with Gasteiger partial charge in [0.15, 0.2) is 6.10 Å². The van der Waals surface area contributed by atoms with Crippen LogP contribution in [0.25, 0.3) is 0 Å². The zero-order valence-corrected chi connectivity index (χ0v) is 10.9. The first-order valence-corrected chi connectivity index (χ1v) is 6.36. The number of hydrogen-bond acceptors (Lipinski definition) is 6. The normalized spacial score (nSPS) is 20.6. The predicted octanol–water partition coefficient (Wildman–Crippen LogP) is 1.55. The summed E-state index contributed by atoms with van der Waals surface area (Å²) in [6.07, 6.45) is -1.66. The van der Waals surface area contributed by atoms with Gasteiger partial charge in [-0.15, -0.1) is 0 Å². The van der Waals surface area contributed by atoms with E-state index in [-0.39, 0.29) is 35.2 Å². The molecule has 3 rings (SSSR count). The lowest BCUT2D eigenvalue weighted by Crippen LogP contribution is -2.30. The van der Waals surface area contributed by atoms with E-state index in [1.54, 1.807) is 0 Å². The van der Waals surface area contributed by atoms with E-state index in [1.165, 1.54) is 30.3 Å². The molecular formula is C15H14O6. The van der Waals surface area contributed by atoms with E-state index in [1.807, 2.05) is 0 Å². The topological polar surface area (TPSA) is 110 Å². The minimum Gasteiger partial charge on any atom is -0.508 e. The lowest BCUT2D eigenvalue weighted by atomic mass is 9.94. The van der Waals surface area contributed by atoms with Crippen LogP contribution in [0.5, 0.6) is 28.7 Å². The van der Waals surface area contributed by atoms with Gasteiger partial charge in [-0.2, -0.15) is 0 Å². The van der Waals surface area contributed by atoms with Crippen LogP contribution < -0.4 is 4.74 Å². The second-order valence-electron chi connectivity index (χ2n) is 5.03. The van der Waals surface area contributed by atoms with Gasteiger partial charge < -0.3 is 30.3 Å². The smallest absolute Gasteiger partial charge is 0.150 e. The molecule has 0 aromatic heterocycles. The molecule has 0 saturated carbocycles. The fourth-order valence-corrected chi connectivity index (χ4v) is 2.53. The maximum atomic E-state index is 10.2. The van der Waals surface area contributed by atoms with Gasteiger partial charge in [0.1, 0.15) is 28.7 Å². The number of rotatable bonds is 1. The van der Waals surface area contributed by atoms with Crippen LogP contribution in [-0.4, -0.2) is 31.6 Å². The highest BCUT2D eigenvalue weighted by atomic mass is 16.5. The highest BCUT2D eigenvalue weighted by molar-refractivity contribution is 5.51. The molecule has 0 radical (unpaired) electrons. The van der Waals surface area contributed by atoms with Crippen molar-refractivity contribution in [3.63, 3.8) is 0 Å². The third kappa shape index (κ3) is 2.41. The summed E-state index contributed by atoms with van der Waals surface area (Å²) in [6, 6.07) is 6.44. The first kappa shape index (κ1) is 13.4. The van der Waals surface area contributed by atoms with Crippen molar-refractivity contribution in [1.82, 2.24) is 0 Å². The van der Waals surface area contributed by atoms with Gasteiger partial charge in [0.05, 0.1) is 6.10 Å². The van der Waals surface area contributed by atoms with Crippen molar-refractivity contribution >= 4 is 0 Å². The van der Waals surface area contributed by atoms with Crippen LogP contribution in [0.15, 0.2) is 30.3 Å². The largest absolute Gasteiger partial charge is 0.508 e. The molecule has 2 unspecified atom stereocenters. The molecule has 0 amide bonds. The molecule has 1 aliphatic rings. The number of benzene rings is 2. The molecule has 0 aliphatic carbocycles. The summed E-state index contributed by atoms with van der Waals surface area (Å²) in [5.74, 6) is -0.345. The summed E-state index contributed by atoms with van der Waals surface area (Å²) in [4.78, 5) is 0. The van der Waals surface area contributed by atoms with Gasteiger partial charge in [0.2, 0.25) is 0 Å². The van der Waals surface area contributed by atoms with E-state index >= 15 is 0 Å². The van der Waals surface area contributed by atoms with Crippen molar-refractivity contribution in [2.75, 3.05) is 0 Å². The molecule has 0 spiro atoms. The molecule has 0 saturated heterocycles. The fraction of sp³-hybridized carbons (Fsp3) is 0.200. The molecule has 2 aromatic carbocycles. The number of hydrogen-bond donors (Lipinski definition) is 5. The second kappa shape index (κ2) is 4.75. The van der Waals surface area contributed by atoms with Gasteiger partial charge >= 0.3 is 0 Å². The molecular weight excluding hydrogens is 276 g/mol. The quantitative estimate of drug-likeness (QED) is 0.545. The van der Waals surface area contributed by atoms with Crippen molar-refractivity contribution < 1.29 is 30.3 Å². The first-order valence-electron chi connectivity index (χ1n) is 6.36. The molecule has 1 aliphatic heterocycles. The highest BCUT2D eigenvalue weighted by Gasteiger charge is 2.32. The second-order valence-corrected chi connectivity index (χ2v) is 5.03. The van der Waals surface area contributed by atoms with E-state index < -0.39 is 12.2 Å². The molecule has 0 fully saturated rings. The number of aliphatic hydroxyl groups excluding tert-OH is 1. The Morgan fingerprint density at radius 2 is 1.48 bits per heavy atom. The van der Waals surface area contributed by atoms with Gasteiger partial charge in [-0.3, -0.25) is 0 Å². The SMILES string of the molecule is Oc1cc(O)cc(C2Oc3cc(O)cc(O)c3CC2O)c1. The molecule has 2 aromatic rings. The maximum Gasteiger partial charge on any atom is 0.150 e. The lowest BCUT2D eigenvalue weighted by Gasteiger charge is -2.31. The third-order valence-corrected chi connectivity index (χ3v) is 3.44. The van der Waals surface area contributed by atoms with Crippen LogP contribution in [0.3, 0.4) is 0 Å². The van der Waals surface area contributed by atoms with Crippen LogP contribution in [0.4, 0.5) is 0 Å². The Kier molecular flexibility index (Phi) is 3.03. The Balaban J connectivity index is 2.02. The number of aromatic hydroxyl groups is 4. The minimum atomic E-state index is -0.964. The maximum absolute atomic E-state index is 10.2. The summed E-state index contributed by atoms with van der Waals surface area (Å²) in [7, 11) is 0. The van der Waals surface area contributed by atoms with E-state index in [2.05, 4.69) is 0 Å². The lowest BCUT2D eigenvalue weighted by molar-refractivity contribution is 0.0196. The Morgan fingerprint density at radius 3 is 2.14 bits per heavy atom. The monoisotopic (exact) mass is 290 g/mol. The average molecular weight is 290 g/mol. The van der Waals surface area contributed by atoms with Gasteiger partial charge in [-0.1, -0.05) is 0 Å². The number of ether oxygens (including phenoxy) is 1. The van der Waals surface area contributed by atoms with E-state index in [0.717, 1.165) is 0 Å². The first-order chi connectivity index (χ1) is 9.94. The summed E-state index contributed by atoms with van der Waals surface area (Å²) in [6.45, 7) is 0. The number of aliphatic hydroxyl groups is 1. The number of phenolic OH excluding ortho intramolecular Hbond substituents is 4. The van der Waals surface area contributed by atoms with E-state index in [4.69, 9.17) is 4.74 Å².